The molecule has 1 aromatic carbocycles. The van der Waals surface area contributed by atoms with Crippen molar-refractivity contribution >= 4 is 21.8 Å². The van der Waals surface area contributed by atoms with Gasteiger partial charge in [-0.05, 0) is 40.2 Å². The van der Waals surface area contributed by atoms with Crippen LogP contribution in [0.25, 0.3) is 0 Å². The fourth-order valence-corrected chi connectivity index (χ4v) is 1.75. The Bertz CT molecular complexity index is 634. The number of benzene rings is 1. The Labute approximate surface area is 116 Å². The van der Waals surface area contributed by atoms with E-state index in [0.29, 0.717) is 17.1 Å². The van der Waals surface area contributed by atoms with Crippen LogP contribution < -0.4 is 10.5 Å². The molecule has 0 aliphatic rings. The van der Waals surface area contributed by atoms with Gasteiger partial charge in [-0.25, -0.2) is 4.39 Å². The Kier molecular flexibility index (Phi) is 3.96. The Morgan fingerprint density at radius 1 is 1.42 bits per heavy atom. The van der Waals surface area contributed by atoms with Gasteiger partial charge < -0.3 is 15.7 Å². The molecule has 0 saturated carbocycles. The number of rotatable bonds is 3. The van der Waals surface area contributed by atoms with Crippen LogP contribution in [0.15, 0.2) is 46.3 Å². The zero-order valence-corrected chi connectivity index (χ0v) is 11.1. The van der Waals surface area contributed by atoms with Gasteiger partial charge in [0.2, 0.25) is 0 Å². The fraction of sp³-hybridized carbons (Fsp3) is 0. The molecule has 3 N–H and O–H groups in total. The largest absolute Gasteiger partial charge is 0.455 e. The van der Waals surface area contributed by atoms with Crippen molar-refractivity contribution in [3.8, 4) is 11.5 Å². The van der Waals surface area contributed by atoms with Gasteiger partial charge in [0, 0.05) is 6.20 Å². The number of oxime groups is 1. The van der Waals surface area contributed by atoms with E-state index in [1.54, 1.807) is 6.07 Å². The molecule has 0 radical (unpaired) electrons. The highest BCUT2D eigenvalue weighted by atomic mass is 79.9. The first-order valence-corrected chi connectivity index (χ1v) is 5.96. The summed E-state index contributed by atoms with van der Waals surface area (Å²) >= 11 is 3.06. The van der Waals surface area contributed by atoms with Crippen molar-refractivity contribution < 1.29 is 14.3 Å². The highest BCUT2D eigenvalue weighted by molar-refractivity contribution is 9.10. The molecule has 0 saturated heterocycles. The highest BCUT2D eigenvalue weighted by Crippen LogP contribution is 2.27. The minimum Gasteiger partial charge on any atom is -0.455 e. The molecule has 0 bridgehead atoms. The second kappa shape index (κ2) is 5.66. The average Bonchev–Trinajstić information content (AvgIpc) is 2.43. The van der Waals surface area contributed by atoms with Crippen LogP contribution >= 0.6 is 15.9 Å². The first kappa shape index (κ1) is 13.3. The maximum absolute atomic E-state index is 13.1. The van der Waals surface area contributed by atoms with E-state index in [-0.39, 0.29) is 10.3 Å². The van der Waals surface area contributed by atoms with Crippen LogP contribution in [0.4, 0.5) is 4.39 Å². The summed E-state index contributed by atoms with van der Waals surface area (Å²) in [7, 11) is 0. The van der Waals surface area contributed by atoms with E-state index >= 15 is 0 Å². The van der Waals surface area contributed by atoms with E-state index in [9.17, 15) is 4.39 Å². The number of aromatic nitrogens is 1. The number of nitrogens with two attached hydrogens (primary N) is 1. The van der Waals surface area contributed by atoms with Crippen molar-refractivity contribution in [2.45, 2.75) is 0 Å². The first-order valence-electron chi connectivity index (χ1n) is 5.16. The maximum atomic E-state index is 13.1. The summed E-state index contributed by atoms with van der Waals surface area (Å²) in [4.78, 5) is 3.90. The predicted molar refractivity (Wildman–Crippen MR) is 70.9 cm³/mol. The Balaban J connectivity index is 2.35. The number of halogens is 2. The minimum atomic E-state index is -0.393. The van der Waals surface area contributed by atoms with Gasteiger partial charge >= 0.3 is 0 Å². The number of hydrogen-bond acceptors (Lipinski definition) is 4. The maximum Gasteiger partial charge on any atom is 0.173 e. The van der Waals surface area contributed by atoms with E-state index < -0.39 is 5.82 Å². The van der Waals surface area contributed by atoms with Crippen LogP contribution in [0, 0.1) is 5.82 Å². The molecule has 0 amide bonds. The summed E-state index contributed by atoms with van der Waals surface area (Å²) in [5.41, 5.74) is 5.91. The zero-order chi connectivity index (χ0) is 13.8. The normalized spacial score (nSPS) is 11.4. The van der Waals surface area contributed by atoms with Crippen molar-refractivity contribution in [1.29, 1.82) is 0 Å². The number of amidine groups is 1. The summed E-state index contributed by atoms with van der Waals surface area (Å²) in [5.74, 6) is 0.207. The molecule has 0 fully saturated rings. The molecular formula is C12H9BrFN3O2. The van der Waals surface area contributed by atoms with Crippen LogP contribution in [0.2, 0.25) is 0 Å². The summed E-state index contributed by atoms with van der Waals surface area (Å²) < 4.78 is 18.9. The minimum absolute atomic E-state index is 0.0985. The number of pyridine rings is 1. The van der Waals surface area contributed by atoms with Crippen LogP contribution in [0.1, 0.15) is 5.56 Å². The molecule has 1 heterocycles. The van der Waals surface area contributed by atoms with Gasteiger partial charge in [0.1, 0.15) is 11.6 Å². The van der Waals surface area contributed by atoms with Crippen LogP contribution in [0.3, 0.4) is 0 Å². The lowest BCUT2D eigenvalue weighted by atomic mass is 10.2. The van der Waals surface area contributed by atoms with Gasteiger partial charge in [0.15, 0.2) is 11.6 Å². The molecule has 2 rings (SSSR count). The summed E-state index contributed by atoms with van der Waals surface area (Å²) in [6.07, 6.45) is 2.91. The lowest BCUT2D eigenvalue weighted by Crippen LogP contribution is -2.14. The van der Waals surface area contributed by atoms with Crippen LogP contribution in [0.5, 0.6) is 11.5 Å². The fourth-order valence-electron chi connectivity index (χ4n) is 1.39. The second-order valence-corrected chi connectivity index (χ2v) is 4.39. The van der Waals surface area contributed by atoms with E-state index in [2.05, 4.69) is 26.1 Å². The molecule has 0 unspecified atom stereocenters. The smallest absolute Gasteiger partial charge is 0.173 e. The Morgan fingerprint density at radius 3 is 2.89 bits per heavy atom. The third-order valence-electron chi connectivity index (χ3n) is 2.29. The third-order valence-corrected chi connectivity index (χ3v) is 2.89. The standard InChI is InChI=1S/C12H9BrFN3O2/c13-9-5-7(1-2-10(9)14)19-11-6-16-4-3-8(11)12(15)17-18/h1-6,18H,(H2,15,17). The zero-order valence-electron chi connectivity index (χ0n) is 9.55. The first-order chi connectivity index (χ1) is 9.11. The number of hydrogen-bond donors (Lipinski definition) is 2. The quantitative estimate of drug-likeness (QED) is 0.393. The van der Waals surface area contributed by atoms with E-state index in [1.807, 2.05) is 0 Å². The number of nitrogens with zero attached hydrogens (tertiary/aromatic N) is 2. The monoisotopic (exact) mass is 325 g/mol. The topological polar surface area (TPSA) is 80.7 Å². The molecule has 2 aromatic rings. The van der Waals surface area contributed by atoms with Crippen molar-refractivity contribution in [3.63, 3.8) is 0 Å². The SMILES string of the molecule is N/C(=N/O)c1ccncc1Oc1ccc(F)c(Br)c1. The van der Waals surface area contributed by atoms with Crippen molar-refractivity contribution in [2.24, 2.45) is 10.9 Å². The molecule has 7 heteroatoms. The summed E-state index contributed by atoms with van der Waals surface area (Å²) in [6.45, 7) is 0. The lowest BCUT2D eigenvalue weighted by Gasteiger charge is -2.09. The van der Waals surface area contributed by atoms with Gasteiger partial charge in [-0.15, -0.1) is 0 Å². The van der Waals surface area contributed by atoms with Crippen molar-refractivity contribution in [2.75, 3.05) is 0 Å². The molecular weight excluding hydrogens is 317 g/mol. The van der Waals surface area contributed by atoms with Crippen molar-refractivity contribution in [1.82, 2.24) is 4.98 Å². The molecule has 0 atom stereocenters. The average molecular weight is 326 g/mol. The molecule has 0 aliphatic carbocycles. The highest BCUT2D eigenvalue weighted by Gasteiger charge is 2.10. The van der Waals surface area contributed by atoms with E-state index in [1.165, 1.54) is 30.6 Å². The Hall–Kier alpha value is -2.15. The van der Waals surface area contributed by atoms with Gasteiger partial charge in [0.05, 0.1) is 16.2 Å². The summed E-state index contributed by atoms with van der Waals surface area (Å²) in [5, 5.41) is 11.6. The molecule has 98 valence electrons. The molecule has 19 heavy (non-hydrogen) atoms. The number of ether oxygens (including phenoxy) is 1. The predicted octanol–water partition coefficient (Wildman–Crippen LogP) is 2.87. The van der Waals surface area contributed by atoms with Crippen LogP contribution in [-0.4, -0.2) is 16.0 Å². The molecule has 5 nitrogen and oxygen atoms in total. The molecule has 0 spiro atoms. The lowest BCUT2D eigenvalue weighted by molar-refractivity contribution is 0.318. The van der Waals surface area contributed by atoms with Crippen LogP contribution in [-0.2, 0) is 0 Å². The van der Waals surface area contributed by atoms with Crippen molar-refractivity contribution in [3.05, 3.63) is 52.5 Å². The Morgan fingerprint density at radius 2 is 2.21 bits per heavy atom. The summed E-state index contributed by atoms with van der Waals surface area (Å²) in [6, 6.07) is 5.74. The van der Waals surface area contributed by atoms with Gasteiger partial charge in [-0.3, -0.25) is 4.98 Å². The molecule has 0 aliphatic heterocycles. The van der Waals surface area contributed by atoms with Gasteiger partial charge in [0.25, 0.3) is 0 Å². The van der Waals surface area contributed by atoms with E-state index in [0.717, 1.165) is 0 Å². The van der Waals surface area contributed by atoms with Gasteiger partial charge in [-0.1, -0.05) is 5.16 Å². The van der Waals surface area contributed by atoms with E-state index in [4.69, 9.17) is 15.7 Å². The van der Waals surface area contributed by atoms with Gasteiger partial charge in [-0.2, -0.15) is 0 Å². The third kappa shape index (κ3) is 3.00. The molecule has 1 aromatic heterocycles. The second-order valence-electron chi connectivity index (χ2n) is 3.54.